The summed E-state index contributed by atoms with van der Waals surface area (Å²) in [6.07, 6.45) is 0. The average Bonchev–Trinajstić information content (AvgIpc) is 3.07. The van der Waals surface area contributed by atoms with Crippen LogP contribution in [0.5, 0.6) is 0 Å². The van der Waals surface area contributed by atoms with Gasteiger partial charge in [-0.15, -0.1) is 0 Å². The molecule has 3 aromatic carbocycles. The highest BCUT2D eigenvalue weighted by Crippen LogP contribution is 2.23. The van der Waals surface area contributed by atoms with Crippen molar-refractivity contribution in [3.63, 3.8) is 0 Å². The van der Waals surface area contributed by atoms with Gasteiger partial charge in [-0.1, -0.05) is 57.2 Å². The van der Waals surface area contributed by atoms with E-state index in [0.29, 0.717) is 28.2 Å². The second-order valence-electron chi connectivity index (χ2n) is 9.75. The summed E-state index contributed by atoms with van der Waals surface area (Å²) < 4.78 is 3.21. The first kappa shape index (κ1) is 24.7. The number of anilines is 2. The van der Waals surface area contributed by atoms with Crippen LogP contribution in [0.3, 0.4) is 0 Å². The number of para-hydroxylation sites is 1. The first-order valence-electron chi connectivity index (χ1n) is 11.7. The van der Waals surface area contributed by atoms with Gasteiger partial charge < -0.3 is 10.6 Å². The maximum Gasteiger partial charge on any atom is 0.295 e. The molecular weight excluding hydrogens is 452 g/mol. The van der Waals surface area contributed by atoms with Crippen molar-refractivity contribution < 1.29 is 9.59 Å². The van der Waals surface area contributed by atoms with E-state index < -0.39 is 5.91 Å². The summed E-state index contributed by atoms with van der Waals surface area (Å²) >= 11 is 0. The lowest BCUT2D eigenvalue weighted by molar-refractivity contribution is 0.101. The maximum absolute atomic E-state index is 13.1. The number of hydrogen-bond donors (Lipinski definition) is 2. The molecule has 0 radical (unpaired) electrons. The highest BCUT2D eigenvalue weighted by atomic mass is 16.2. The summed E-state index contributed by atoms with van der Waals surface area (Å²) in [4.78, 5) is 38.9. The van der Waals surface area contributed by atoms with Gasteiger partial charge in [0, 0.05) is 23.9 Å². The van der Waals surface area contributed by atoms with Crippen LogP contribution < -0.4 is 16.2 Å². The van der Waals surface area contributed by atoms with Gasteiger partial charge in [0.25, 0.3) is 17.4 Å². The fourth-order valence-corrected chi connectivity index (χ4v) is 3.96. The second kappa shape index (κ2) is 9.70. The van der Waals surface area contributed by atoms with Gasteiger partial charge in [0.05, 0.1) is 11.4 Å². The van der Waals surface area contributed by atoms with Crippen molar-refractivity contribution in [1.29, 1.82) is 0 Å². The van der Waals surface area contributed by atoms with Crippen LogP contribution >= 0.6 is 0 Å². The molecular formula is C29H30N4O3. The molecule has 1 heterocycles. The zero-order chi connectivity index (χ0) is 26.0. The predicted octanol–water partition coefficient (Wildman–Crippen LogP) is 5.29. The summed E-state index contributed by atoms with van der Waals surface area (Å²) in [5.74, 6) is -0.704. The molecule has 0 bridgehead atoms. The Kier molecular flexibility index (Phi) is 6.66. The molecule has 0 atom stereocenters. The van der Waals surface area contributed by atoms with Crippen LogP contribution in [0.1, 0.15) is 52.7 Å². The Labute approximate surface area is 210 Å². The molecule has 0 saturated heterocycles. The number of benzene rings is 3. The molecule has 0 aliphatic rings. The zero-order valence-corrected chi connectivity index (χ0v) is 21.1. The van der Waals surface area contributed by atoms with E-state index in [1.807, 2.05) is 42.5 Å². The van der Waals surface area contributed by atoms with Crippen molar-refractivity contribution >= 4 is 23.2 Å². The Morgan fingerprint density at radius 3 is 2.06 bits per heavy atom. The van der Waals surface area contributed by atoms with Crippen LogP contribution in [-0.2, 0) is 12.5 Å². The van der Waals surface area contributed by atoms with Crippen LogP contribution in [-0.4, -0.2) is 21.2 Å². The Morgan fingerprint density at radius 1 is 0.778 bits per heavy atom. The van der Waals surface area contributed by atoms with Crippen molar-refractivity contribution in [1.82, 2.24) is 9.36 Å². The smallest absolute Gasteiger partial charge is 0.295 e. The zero-order valence-electron chi connectivity index (χ0n) is 21.1. The van der Waals surface area contributed by atoms with Crippen molar-refractivity contribution in [2.24, 2.45) is 7.05 Å². The van der Waals surface area contributed by atoms with E-state index in [1.54, 1.807) is 55.1 Å². The minimum absolute atomic E-state index is 0.00186. The molecule has 2 N–H and O–H groups in total. The van der Waals surface area contributed by atoms with Gasteiger partial charge in [0.15, 0.2) is 0 Å². The first-order chi connectivity index (χ1) is 17.1. The van der Waals surface area contributed by atoms with Crippen LogP contribution in [0, 0.1) is 6.92 Å². The molecule has 184 valence electrons. The minimum atomic E-state index is -0.438. The summed E-state index contributed by atoms with van der Waals surface area (Å²) in [5.41, 5.74) is 3.69. The lowest BCUT2D eigenvalue weighted by Gasteiger charge is -2.19. The van der Waals surface area contributed by atoms with E-state index in [9.17, 15) is 14.4 Å². The predicted molar refractivity (Wildman–Crippen MR) is 143 cm³/mol. The fraction of sp³-hybridized carbons (Fsp3) is 0.207. The minimum Gasteiger partial charge on any atom is -0.322 e. The highest BCUT2D eigenvalue weighted by molar-refractivity contribution is 6.07. The van der Waals surface area contributed by atoms with Gasteiger partial charge in [0.1, 0.15) is 5.69 Å². The number of carbonyl (C=O) groups is 2. The van der Waals surface area contributed by atoms with Gasteiger partial charge in [-0.05, 0) is 60.4 Å². The normalized spacial score (nSPS) is 11.2. The molecule has 4 rings (SSSR count). The topological polar surface area (TPSA) is 85.1 Å². The molecule has 2 amide bonds. The molecule has 36 heavy (non-hydrogen) atoms. The van der Waals surface area contributed by atoms with Gasteiger partial charge in [-0.2, -0.15) is 0 Å². The number of hydrogen-bond acceptors (Lipinski definition) is 3. The number of amides is 2. The van der Waals surface area contributed by atoms with Gasteiger partial charge in [-0.25, -0.2) is 4.68 Å². The van der Waals surface area contributed by atoms with E-state index in [0.717, 1.165) is 5.56 Å². The second-order valence-corrected chi connectivity index (χ2v) is 9.75. The molecule has 0 fully saturated rings. The van der Waals surface area contributed by atoms with Crippen molar-refractivity contribution in [2.45, 2.75) is 33.1 Å². The molecule has 0 saturated carbocycles. The number of nitrogens with one attached hydrogen (secondary N) is 2. The third-order valence-electron chi connectivity index (χ3n) is 6.19. The largest absolute Gasteiger partial charge is 0.322 e. The molecule has 7 heteroatoms. The van der Waals surface area contributed by atoms with E-state index in [4.69, 9.17) is 0 Å². The number of carbonyl (C=O) groups excluding carboxylic acids is 2. The Bertz CT molecular complexity index is 1470. The summed E-state index contributed by atoms with van der Waals surface area (Å²) in [5, 5.41) is 5.60. The average molecular weight is 483 g/mol. The van der Waals surface area contributed by atoms with E-state index in [-0.39, 0.29) is 22.6 Å². The van der Waals surface area contributed by atoms with Crippen LogP contribution in [0.4, 0.5) is 11.4 Å². The van der Waals surface area contributed by atoms with Gasteiger partial charge in [-0.3, -0.25) is 19.1 Å². The monoisotopic (exact) mass is 482 g/mol. The molecule has 0 unspecified atom stereocenters. The van der Waals surface area contributed by atoms with Crippen LogP contribution in [0.2, 0.25) is 0 Å². The lowest BCUT2D eigenvalue weighted by atomic mass is 9.87. The third kappa shape index (κ3) is 5.00. The van der Waals surface area contributed by atoms with E-state index in [1.165, 1.54) is 4.68 Å². The quantitative estimate of drug-likeness (QED) is 0.406. The summed E-state index contributed by atoms with van der Waals surface area (Å²) in [7, 11) is 1.77. The standard InChI is InChI=1S/C29H30N4O3/c1-19-25(28(36)33(32(19)5)24-12-7-6-8-13-24)31-27(35)21-10-9-11-23(18-21)30-26(34)20-14-16-22(17-15-20)29(2,3)4/h6-18H,1-5H3,(H,30,34)(H,31,35). The first-order valence-corrected chi connectivity index (χ1v) is 11.7. The number of aromatic nitrogens is 2. The van der Waals surface area contributed by atoms with Crippen LogP contribution in [0.15, 0.2) is 83.7 Å². The van der Waals surface area contributed by atoms with E-state index in [2.05, 4.69) is 31.4 Å². The Hall–Kier alpha value is -4.39. The van der Waals surface area contributed by atoms with Crippen molar-refractivity contribution in [3.8, 4) is 5.69 Å². The maximum atomic E-state index is 13.1. The fourth-order valence-electron chi connectivity index (χ4n) is 3.96. The molecule has 0 spiro atoms. The number of nitrogens with zero attached hydrogens (tertiary/aromatic N) is 2. The lowest BCUT2D eigenvalue weighted by Crippen LogP contribution is -2.23. The van der Waals surface area contributed by atoms with Crippen LogP contribution in [0.25, 0.3) is 5.69 Å². The van der Waals surface area contributed by atoms with E-state index >= 15 is 0 Å². The Balaban J connectivity index is 1.52. The SMILES string of the molecule is Cc1c(NC(=O)c2cccc(NC(=O)c3ccc(C(C)(C)C)cc3)c2)c(=O)n(-c2ccccc2)n1C. The number of rotatable bonds is 5. The summed E-state index contributed by atoms with van der Waals surface area (Å²) in [6, 6.07) is 23.3. The molecule has 0 aliphatic heterocycles. The molecule has 7 nitrogen and oxygen atoms in total. The molecule has 0 aliphatic carbocycles. The van der Waals surface area contributed by atoms with Gasteiger partial charge in [0.2, 0.25) is 0 Å². The molecule has 4 aromatic rings. The van der Waals surface area contributed by atoms with Gasteiger partial charge >= 0.3 is 0 Å². The van der Waals surface area contributed by atoms with Crippen molar-refractivity contribution in [3.05, 3.63) is 112 Å². The highest BCUT2D eigenvalue weighted by Gasteiger charge is 2.19. The Morgan fingerprint density at radius 2 is 1.42 bits per heavy atom. The third-order valence-corrected chi connectivity index (χ3v) is 6.19. The molecule has 1 aromatic heterocycles. The summed E-state index contributed by atoms with van der Waals surface area (Å²) in [6.45, 7) is 8.13. The van der Waals surface area contributed by atoms with Crippen molar-refractivity contribution in [2.75, 3.05) is 10.6 Å².